The number of rotatable bonds is 5. The van der Waals surface area contributed by atoms with Crippen molar-refractivity contribution >= 4 is 32.3 Å². The fourth-order valence-electron chi connectivity index (χ4n) is 6.11. The zero-order valence-corrected chi connectivity index (χ0v) is 23.1. The van der Waals surface area contributed by atoms with Crippen LogP contribution in [0, 0.1) is 0 Å². The largest absolute Gasteiger partial charge is 0.382 e. The molecular weight excluding hydrogens is 522 g/mol. The normalized spacial score (nSPS) is 20.6. The van der Waals surface area contributed by atoms with Gasteiger partial charge in [0.1, 0.15) is 22.9 Å². The molecule has 4 heterocycles. The molecule has 2 aromatic carbocycles. The third-order valence-electron chi connectivity index (χ3n) is 8.38. The van der Waals surface area contributed by atoms with Gasteiger partial charge in [0.05, 0.1) is 17.5 Å². The van der Waals surface area contributed by atoms with Gasteiger partial charge in [-0.3, -0.25) is 9.30 Å². The lowest BCUT2D eigenvalue weighted by atomic mass is 9.78. The van der Waals surface area contributed by atoms with Crippen molar-refractivity contribution in [3.63, 3.8) is 0 Å². The number of hydrogen-bond donors (Lipinski definition) is 1. The van der Waals surface area contributed by atoms with Crippen LogP contribution in [0.25, 0.3) is 38.9 Å². The second kappa shape index (κ2) is 9.65. The minimum absolute atomic E-state index is 0.296. The first-order valence-corrected chi connectivity index (χ1v) is 15.5. The molecule has 1 aliphatic carbocycles. The number of nitrogens with zero attached hydrogens (tertiary/aromatic N) is 6. The van der Waals surface area contributed by atoms with Gasteiger partial charge in [0.25, 0.3) is 0 Å². The molecule has 2 aliphatic rings. The SMILES string of the molecule is CS(=O)(=O)N1CCN([C@H]2C[C@@H](c3nc(-c4ccc5ccc(-c6ccccc6)nc5c4)c4c(N)nccn43)C2)CC1. The smallest absolute Gasteiger partial charge is 0.211 e. The third-order valence-corrected chi connectivity index (χ3v) is 9.69. The number of benzene rings is 2. The summed E-state index contributed by atoms with van der Waals surface area (Å²) in [4.78, 5) is 16.9. The molecule has 3 aromatic heterocycles. The number of pyridine rings is 1. The Morgan fingerprint density at radius 1 is 0.900 bits per heavy atom. The minimum atomic E-state index is -3.13. The summed E-state index contributed by atoms with van der Waals surface area (Å²) in [7, 11) is -3.13. The fourth-order valence-corrected chi connectivity index (χ4v) is 6.93. The van der Waals surface area contributed by atoms with Crippen LogP contribution in [0.4, 0.5) is 5.82 Å². The van der Waals surface area contributed by atoms with Crippen molar-refractivity contribution in [1.29, 1.82) is 0 Å². The lowest BCUT2D eigenvalue weighted by molar-refractivity contribution is 0.0732. The summed E-state index contributed by atoms with van der Waals surface area (Å²) in [5, 5.41) is 1.07. The number of nitrogen functional groups attached to an aromatic ring is 1. The van der Waals surface area contributed by atoms with Gasteiger partial charge in [0.2, 0.25) is 10.0 Å². The zero-order chi connectivity index (χ0) is 27.4. The van der Waals surface area contributed by atoms with Gasteiger partial charge in [-0.15, -0.1) is 0 Å². The van der Waals surface area contributed by atoms with E-state index in [1.165, 1.54) is 6.26 Å². The molecular formula is C30H31N7O2S. The third kappa shape index (κ3) is 4.42. The lowest BCUT2D eigenvalue weighted by Gasteiger charge is -2.45. The lowest BCUT2D eigenvalue weighted by Crippen LogP contribution is -2.54. The number of fused-ring (bicyclic) bond motifs is 2. The van der Waals surface area contributed by atoms with Crippen molar-refractivity contribution in [2.45, 2.75) is 24.8 Å². The van der Waals surface area contributed by atoms with Gasteiger partial charge in [-0.1, -0.05) is 48.5 Å². The van der Waals surface area contributed by atoms with Crippen molar-refractivity contribution in [3.8, 4) is 22.5 Å². The number of anilines is 1. The molecule has 7 rings (SSSR count). The molecule has 0 radical (unpaired) electrons. The highest BCUT2D eigenvalue weighted by molar-refractivity contribution is 7.88. The number of sulfonamides is 1. The summed E-state index contributed by atoms with van der Waals surface area (Å²) < 4.78 is 27.4. The predicted molar refractivity (Wildman–Crippen MR) is 157 cm³/mol. The zero-order valence-electron chi connectivity index (χ0n) is 22.3. The summed E-state index contributed by atoms with van der Waals surface area (Å²) in [6, 6.07) is 21.0. The van der Waals surface area contributed by atoms with E-state index >= 15 is 0 Å². The van der Waals surface area contributed by atoms with Crippen LogP contribution in [0.5, 0.6) is 0 Å². The quantitative estimate of drug-likeness (QED) is 0.350. The Kier molecular flexibility index (Phi) is 6.06. The van der Waals surface area contributed by atoms with Crippen LogP contribution in [0.1, 0.15) is 24.6 Å². The van der Waals surface area contributed by atoms with E-state index in [2.05, 4.69) is 56.7 Å². The van der Waals surface area contributed by atoms with E-state index in [1.807, 2.05) is 24.4 Å². The molecule has 1 saturated heterocycles. The van der Waals surface area contributed by atoms with E-state index in [0.717, 1.165) is 70.7 Å². The van der Waals surface area contributed by atoms with Crippen molar-refractivity contribution in [3.05, 3.63) is 78.9 Å². The van der Waals surface area contributed by atoms with Crippen LogP contribution in [0.3, 0.4) is 0 Å². The Bertz CT molecular complexity index is 1820. The van der Waals surface area contributed by atoms with Crippen LogP contribution in [0.2, 0.25) is 0 Å². The number of hydrogen-bond acceptors (Lipinski definition) is 7. The summed E-state index contributed by atoms with van der Waals surface area (Å²) in [6.07, 6.45) is 6.94. The predicted octanol–water partition coefficient (Wildman–Crippen LogP) is 4.02. The molecule has 10 heteroatoms. The molecule has 5 aromatic rings. The molecule has 2 fully saturated rings. The monoisotopic (exact) mass is 553 g/mol. The van der Waals surface area contributed by atoms with Crippen LogP contribution >= 0.6 is 0 Å². The van der Waals surface area contributed by atoms with Crippen molar-refractivity contribution < 1.29 is 8.42 Å². The number of piperazine rings is 1. The van der Waals surface area contributed by atoms with Crippen molar-refractivity contribution in [2.24, 2.45) is 0 Å². The molecule has 204 valence electrons. The first-order valence-electron chi connectivity index (χ1n) is 13.6. The van der Waals surface area contributed by atoms with E-state index in [4.69, 9.17) is 15.7 Å². The molecule has 0 bridgehead atoms. The minimum Gasteiger partial charge on any atom is -0.382 e. The average Bonchev–Trinajstić information content (AvgIpc) is 3.32. The summed E-state index contributed by atoms with van der Waals surface area (Å²) in [5.41, 5.74) is 11.9. The van der Waals surface area contributed by atoms with Crippen molar-refractivity contribution in [2.75, 3.05) is 38.2 Å². The van der Waals surface area contributed by atoms with Crippen LogP contribution < -0.4 is 5.73 Å². The Morgan fingerprint density at radius 3 is 2.40 bits per heavy atom. The molecule has 0 amide bonds. The molecule has 0 unspecified atom stereocenters. The Morgan fingerprint density at radius 2 is 1.65 bits per heavy atom. The van der Waals surface area contributed by atoms with E-state index in [1.54, 1.807) is 10.5 Å². The summed E-state index contributed by atoms with van der Waals surface area (Å²) in [6.45, 7) is 2.65. The highest BCUT2D eigenvalue weighted by atomic mass is 32.2. The number of nitrogens with two attached hydrogens (primary N) is 1. The average molecular weight is 554 g/mol. The maximum absolute atomic E-state index is 11.9. The molecule has 0 spiro atoms. The van der Waals surface area contributed by atoms with E-state index in [0.29, 0.717) is 30.9 Å². The second-order valence-electron chi connectivity index (χ2n) is 10.8. The van der Waals surface area contributed by atoms with Crippen molar-refractivity contribution in [1.82, 2.24) is 28.6 Å². The Hall–Kier alpha value is -3.86. The molecule has 1 saturated carbocycles. The maximum Gasteiger partial charge on any atom is 0.211 e. The van der Waals surface area contributed by atoms with Crippen LogP contribution in [-0.4, -0.2) is 75.5 Å². The molecule has 0 atom stereocenters. The van der Waals surface area contributed by atoms with Gasteiger partial charge in [0.15, 0.2) is 0 Å². The Balaban J connectivity index is 1.18. The number of aromatic nitrogens is 4. The first-order chi connectivity index (χ1) is 19.3. The summed E-state index contributed by atoms with van der Waals surface area (Å²) in [5.74, 6) is 1.75. The maximum atomic E-state index is 11.9. The van der Waals surface area contributed by atoms with Gasteiger partial charge >= 0.3 is 0 Å². The Labute approximate surface area is 233 Å². The number of imidazole rings is 1. The molecule has 40 heavy (non-hydrogen) atoms. The van der Waals surface area contributed by atoms with E-state index in [9.17, 15) is 8.42 Å². The topological polar surface area (TPSA) is 110 Å². The van der Waals surface area contributed by atoms with Gasteiger partial charge in [0, 0.05) is 67.0 Å². The fraction of sp³-hybridized carbons (Fsp3) is 0.300. The second-order valence-corrected chi connectivity index (χ2v) is 12.8. The van der Waals surface area contributed by atoms with Gasteiger partial charge in [-0.25, -0.2) is 23.4 Å². The standard InChI is InChI=1S/C30H31N7O2S/c1-40(38,39)36-15-13-35(14-16-36)24-17-23(18-24)30-34-27(28-29(31)32-11-12-37(28)30)22-8-7-21-9-10-25(33-26(21)19-22)20-5-3-2-4-6-20/h2-12,19,23-24H,13-18H2,1H3,(H2,31,32)/t23-,24+. The van der Waals surface area contributed by atoms with Crippen LogP contribution in [-0.2, 0) is 10.0 Å². The highest BCUT2D eigenvalue weighted by Crippen LogP contribution is 2.42. The highest BCUT2D eigenvalue weighted by Gasteiger charge is 2.39. The van der Waals surface area contributed by atoms with E-state index in [-0.39, 0.29) is 0 Å². The van der Waals surface area contributed by atoms with Gasteiger partial charge in [-0.2, -0.15) is 4.31 Å². The van der Waals surface area contributed by atoms with Gasteiger partial charge in [-0.05, 0) is 25.0 Å². The van der Waals surface area contributed by atoms with E-state index < -0.39 is 10.0 Å². The van der Waals surface area contributed by atoms with Crippen LogP contribution in [0.15, 0.2) is 73.1 Å². The molecule has 9 nitrogen and oxygen atoms in total. The molecule has 2 N–H and O–H groups in total. The van der Waals surface area contributed by atoms with Gasteiger partial charge < -0.3 is 5.73 Å². The summed E-state index contributed by atoms with van der Waals surface area (Å²) >= 11 is 0. The molecule has 1 aliphatic heterocycles. The first kappa shape index (κ1) is 25.1.